The Morgan fingerprint density at radius 1 is 1.02 bits per heavy atom. The van der Waals surface area contributed by atoms with Gasteiger partial charge in [-0.05, 0) is 20.3 Å². The van der Waals surface area contributed by atoms with E-state index in [2.05, 4.69) is 43.5 Å². The summed E-state index contributed by atoms with van der Waals surface area (Å²) in [5, 5.41) is 45.9. The van der Waals surface area contributed by atoms with Crippen molar-refractivity contribution >= 4 is 69.1 Å². The fourth-order valence-corrected chi connectivity index (χ4v) is 9.46. The molecule has 2 aliphatic rings. The highest BCUT2D eigenvalue weighted by Crippen LogP contribution is 2.56. The molecule has 2 saturated heterocycles. The summed E-state index contributed by atoms with van der Waals surface area (Å²) in [5.41, 5.74) is 4.02. The Kier molecular flexibility index (Phi) is 19.4. The molecule has 2 aromatic heterocycles. The summed E-state index contributed by atoms with van der Waals surface area (Å²) in [6.45, 7) is 3.27. The molecule has 64 heavy (non-hydrogen) atoms. The molecule has 4 rings (SSSR count). The molecule has 0 aliphatic carbocycles. The molecule has 2 aromatic rings. The van der Waals surface area contributed by atoms with Crippen molar-refractivity contribution in [2.45, 2.75) is 115 Å². The Bertz CT molecular complexity index is 2070. The molecule has 12 atom stereocenters. The van der Waals surface area contributed by atoms with E-state index in [1.54, 1.807) is 13.8 Å². The van der Waals surface area contributed by atoms with Gasteiger partial charge in [-0.1, -0.05) is 25.6 Å². The predicted molar refractivity (Wildman–Crippen MR) is 209 cm³/mol. The summed E-state index contributed by atoms with van der Waals surface area (Å²) in [7, 11) is -17.7. The first-order chi connectivity index (χ1) is 29.7. The first-order valence-corrected chi connectivity index (χ1v) is 24.7. The number of aliphatic hydroxyl groups is 4. The second kappa shape index (κ2) is 22.9. The van der Waals surface area contributed by atoms with E-state index in [0.717, 1.165) is 29.0 Å². The minimum Gasteiger partial charge on any atom is -0.790 e. The number of hydrogen-bond acceptors (Lipinski definition) is 26. The van der Waals surface area contributed by atoms with Gasteiger partial charge in [-0.3, -0.25) is 28.1 Å². The lowest BCUT2D eigenvalue weighted by Crippen LogP contribution is -2.48. The standard InChI is InChI=1S/C32H54N7O21P3S/c1-16(56-31-19(41)11-18(40)17(2)57-31)5-6-22(43)64-10-9-34-21(42)7-8-35-29(46)26(45)32(3,4)13-55-63(52,53)60-62(50,51)54-12-20-25(59-61(47,48)49)24(44)30(58-20)39-15-38-23-27(33)36-14-37-28(23)39/h14-20,24-26,30-31,40-41,44-45H,5-13H2,1-4H3,(H,34,42)(H,35,46)(H,50,51)(H,52,53)(H2,33,36,37)(H2,47,48,49)/p-4/t16-,17+,18-,19-,20-,24-,25-,26+,30-,31-/m1/s1. The summed E-state index contributed by atoms with van der Waals surface area (Å²) in [5.74, 6) is -1.40. The summed E-state index contributed by atoms with van der Waals surface area (Å²) in [4.78, 5) is 96.7. The predicted octanol–water partition coefficient (Wildman–Crippen LogP) is -3.82. The molecule has 2 unspecified atom stereocenters. The molecule has 0 saturated carbocycles. The van der Waals surface area contributed by atoms with Gasteiger partial charge >= 0.3 is 0 Å². The summed E-state index contributed by atoms with van der Waals surface area (Å²) >= 11 is 0.979. The number of nitrogens with two attached hydrogens (primary N) is 1. The number of nitrogen functional groups attached to an aromatic ring is 1. The topological polar surface area (TPSA) is 434 Å². The zero-order valence-electron chi connectivity index (χ0n) is 34.6. The Morgan fingerprint density at radius 2 is 1.70 bits per heavy atom. The number of phosphoric ester groups is 3. The lowest BCUT2D eigenvalue weighted by atomic mass is 9.87. The second-order valence-electron chi connectivity index (χ2n) is 15.3. The van der Waals surface area contributed by atoms with Gasteiger partial charge < -0.3 is 88.7 Å². The van der Waals surface area contributed by atoms with Crippen LogP contribution in [0.15, 0.2) is 12.7 Å². The van der Waals surface area contributed by atoms with Crippen LogP contribution in [0.3, 0.4) is 0 Å². The van der Waals surface area contributed by atoms with Gasteiger partial charge in [0.05, 0.1) is 45.7 Å². The van der Waals surface area contributed by atoms with E-state index in [-0.39, 0.29) is 60.2 Å². The third-order valence-corrected chi connectivity index (χ3v) is 13.5. The van der Waals surface area contributed by atoms with Crippen LogP contribution in [0.5, 0.6) is 0 Å². The first-order valence-electron chi connectivity index (χ1n) is 19.3. The van der Waals surface area contributed by atoms with Gasteiger partial charge in [0, 0.05) is 43.5 Å². The van der Waals surface area contributed by atoms with Gasteiger partial charge in [0.2, 0.25) is 11.8 Å². The average molecular weight is 994 g/mol. The fourth-order valence-electron chi connectivity index (χ4n) is 6.03. The van der Waals surface area contributed by atoms with Crippen molar-refractivity contribution in [1.82, 2.24) is 30.2 Å². The maximum atomic E-state index is 12.6. The van der Waals surface area contributed by atoms with E-state index in [1.807, 2.05) is 0 Å². The Labute approximate surface area is 369 Å². The van der Waals surface area contributed by atoms with E-state index in [4.69, 9.17) is 19.9 Å². The number of nitrogens with zero attached hydrogens (tertiary/aromatic N) is 4. The smallest absolute Gasteiger partial charge is 0.274 e. The number of nitrogens with one attached hydrogen (secondary N) is 2. The zero-order chi connectivity index (χ0) is 47.8. The molecule has 8 N–H and O–H groups in total. The molecule has 0 radical (unpaired) electrons. The van der Waals surface area contributed by atoms with E-state index in [0.29, 0.717) is 6.42 Å². The van der Waals surface area contributed by atoms with Crippen LogP contribution in [0, 0.1) is 5.41 Å². The molecular weight excluding hydrogens is 943 g/mol. The number of thioether (sulfide) groups is 1. The van der Waals surface area contributed by atoms with Crippen molar-refractivity contribution in [3.05, 3.63) is 12.7 Å². The maximum absolute atomic E-state index is 12.6. The lowest BCUT2D eigenvalue weighted by molar-refractivity contribution is -0.347. The van der Waals surface area contributed by atoms with E-state index < -0.39 is 115 Å². The number of ether oxygens (including phenoxy) is 3. The Balaban J connectivity index is 1.15. The van der Waals surface area contributed by atoms with E-state index >= 15 is 0 Å². The first kappa shape index (κ1) is 54.0. The van der Waals surface area contributed by atoms with Crippen LogP contribution in [-0.2, 0) is 60.2 Å². The number of fused-ring (bicyclic) bond motifs is 1. The summed E-state index contributed by atoms with van der Waals surface area (Å²) in [6.07, 6.45) is -10.8. The molecule has 32 heteroatoms. The zero-order valence-corrected chi connectivity index (χ0v) is 38.1. The van der Waals surface area contributed by atoms with Crippen molar-refractivity contribution in [3.8, 4) is 0 Å². The van der Waals surface area contributed by atoms with Crippen LogP contribution >= 0.6 is 35.2 Å². The van der Waals surface area contributed by atoms with Crippen molar-refractivity contribution in [2.24, 2.45) is 5.41 Å². The highest BCUT2D eigenvalue weighted by molar-refractivity contribution is 8.13. The van der Waals surface area contributed by atoms with E-state index in [1.165, 1.54) is 13.8 Å². The minimum absolute atomic E-state index is 0.0314. The molecule has 364 valence electrons. The van der Waals surface area contributed by atoms with Crippen LogP contribution < -0.4 is 35.9 Å². The number of anilines is 1. The monoisotopic (exact) mass is 993 g/mol. The quantitative estimate of drug-likeness (QED) is 0.0391. The molecule has 2 amide bonds. The lowest BCUT2D eigenvalue weighted by Gasteiger charge is -2.36. The molecule has 2 fully saturated rings. The summed E-state index contributed by atoms with van der Waals surface area (Å²) in [6, 6.07) is 0. The van der Waals surface area contributed by atoms with Gasteiger partial charge in [0.15, 0.2) is 29.1 Å². The van der Waals surface area contributed by atoms with Crippen LogP contribution in [0.2, 0.25) is 0 Å². The number of carbonyl (C=O) groups excluding carboxylic acids is 3. The van der Waals surface area contributed by atoms with Crippen LogP contribution in [-0.4, -0.2) is 144 Å². The van der Waals surface area contributed by atoms with Gasteiger partial charge in [-0.25, -0.2) is 19.3 Å². The Morgan fingerprint density at radius 3 is 2.39 bits per heavy atom. The van der Waals surface area contributed by atoms with Gasteiger partial charge in [0.25, 0.3) is 15.6 Å². The van der Waals surface area contributed by atoms with Crippen LogP contribution in [0.25, 0.3) is 11.2 Å². The number of carbonyl (C=O) groups is 3. The molecule has 0 bridgehead atoms. The number of imidazole rings is 1. The fraction of sp³-hybridized carbons (Fsp3) is 0.750. The average Bonchev–Trinajstić information content (AvgIpc) is 3.75. The highest BCUT2D eigenvalue weighted by Gasteiger charge is 2.47. The molecule has 28 nitrogen and oxygen atoms in total. The number of aromatic nitrogens is 4. The van der Waals surface area contributed by atoms with E-state index in [9.17, 15) is 68.1 Å². The third kappa shape index (κ3) is 16.0. The van der Waals surface area contributed by atoms with Crippen LogP contribution in [0.1, 0.15) is 59.6 Å². The molecule has 4 heterocycles. The largest absolute Gasteiger partial charge is 0.790 e. The number of rotatable bonds is 24. The van der Waals surface area contributed by atoms with Crippen molar-refractivity contribution in [3.63, 3.8) is 0 Å². The molecule has 0 aromatic carbocycles. The van der Waals surface area contributed by atoms with Gasteiger partial charge in [-0.15, -0.1) is 0 Å². The number of hydrogen-bond donors (Lipinski definition) is 7. The minimum atomic E-state index is -5.94. The third-order valence-electron chi connectivity index (χ3n) is 9.55. The molecular formula is C32H50N7O21P3S-4. The number of amides is 2. The Hall–Kier alpha value is -2.60. The number of phosphoric acid groups is 3. The highest BCUT2D eigenvalue weighted by atomic mass is 32.2. The molecule has 0 spiro atoms. The normalized spacial score (nSPS) is 27.1. The van der Waals surface area contributed by atoms with Crippen molar-refractivity contribution < 1.29 is 100 Å². The van der Waals surface area contributed by atoms with Crippen molar-refractivity contribution in [1.29, 1.82) is 0 Å². The van der Waals surface area contributed by atoms with Gasteiger partial charge in [0.1, 0.15) is 42.4 Å². The number of aliphatic hydroxyl groups excluding tert-OH is 4. The molecule has 2 aliphatic heterocycles. The van der Waals surface area contributed by atoms with Crippen molar-refractivity contribution in [2.75, 3.05) is 37.8 Å². The van der Waals surface area contributed by atoms with Gasteiger partial charge in [-0.2, -0.15) is 0 Å². The summed E-state index contributed by atoms with van der Waals surface area (Å²) < 4.78 is 71.8. The SMILES string of the molecule is C[C@H](CCC(=O)SCCNC(=O)CCNC(=O)[C@H](O)C(C)(C)COP(=O)([O-])OP(=O)([O-])OC[C@H]1O[C@@H](n2cnc3c(N)ncnc32)[C@H](O)[C@@H]1OP(=O)([O-])[O-])O[C@@H]1O[C@@H](C)[C@H](O)C[C@H]1O. The van der Waals surface area contributed by atoms with Crippen LogP contribution in [0.4, 0.5) is 5.82 Å². The second-order valence-corrected chi connectivity index (χ2v) is 20.5. The maximum Gasteiger partial charge on any atom is 0.274 e.